The molecule has 1 saturated carbocycles. The van der Waals surface area contributed by atoms with Crippen LogP contribution in [0.3, 0.4) is 0 Å². The molecule has 0 aliphatic heterocycles. The molecule has 2 unspecified atom stereocenters. The van der Waals surface area contributed by atoms with Gasteiger partial charge in [0.15, 0.2) is 0 Å². The van der Waals surface area contributed by atoms with Crippen molar-refractivity contribution in [1.82, 2.24) is 5.32 Å². The van der Waals surface area contributed by atoms with Crippen LogP contribution in [0.1, 0.15) is 43.9 Å². The van der Waals surface area contributed by atoms with Crippen molar-refractivity contribution in [3.8, 4) is 0 Å². The number of carboxylic acids is 1. The van der Waals surface area contributed by atoms with Gasteiger partial charge in [0.05, 0.1) is 0 Å². The third-order valence-electron chi connectivity index (χ3n) is 3.95. The van der Waals surface area contributed by atoms with Crippen LogP contribution in [-0.4, -0.2) is 16.6 Å². The summed E-state index contributed by atoms with van der Waals surface area (Å²) in [5.41, 5.74) is -0.714. The molecule has 1 fully saturated rings. The highest BCUT2D eigenvalue weighted by Gasteiger charge is 2.39. The van der Waals surface area contributed by atoms with Gasteiger partial charge in [0, 0.05) is 11.4 Å². The predicted octanol–water partition coefficient (Wildman–Crippen LogP) is 3.26. The first-order valence-electron chi connectivity index (χ1n) is 6.63. The van der Waals surface area contributed by atoms with Crippen LogP contribution in [0.15, 0.2) is 17.5 Å². The Hall–Kier alpha value is -0.870. The maximum Gasteiger partial charge on any atom is 0.323 e. The molecule has 0 aromatic carbocycles. The molecule has 0 spiro atoms. The second kappa shape index (κ2) is 5.85. The highest BCUT2D eigenvalue weighted by Crippen LogP contribution is 2.31. The lowest BCUT2D eigenvalue weighted by molar-refractivity contribution is -0.145. The minimum absolute atomic E-state index is 0.648. The van der Waals surface area contributed by atoms with Crippen LogP contribution in [0, 0.1) is 5.92 Å². The van der Waals surface area contributed by atoms with Gasteiger partial charge >= 0.3 is 5.97 Å². The van der Waals surface area contributed by atoms with Crippen LogP contribution < -0.4 is 5.32 Å². The Morgan fingerprint density at radius 2 is 2.39 bits per heavy atom. The van der Waals surface area contributed by atoms with E-state index < -0.39 is 11.5 Å². The number of carbonyl (C=O) groups is 1. The van der Waals surface area contributed by atoms with Gasteiger partial charge in [-0.05, 0) is 36.6 Å². The zero-order valence-corrected chi connectivity index (χ0v) is 11.6. The van der Waals surface area contributed by atoms with Gasteiger partial charge in [0.2, 0.25) is 0 Å². The fourth-order valence-corrected chi connectivity index (χ4v) is 3.29. The van der Waals surface area contributed by atoms with Crippen LogP contribution in [0.4, 0.5) is 0 Å². The second-order valence-corrected chi connectivity index (χ2v) is 6.39. The number of hydrogen-bond donors (Lipinski definition) is 2. The van der Waals surface area contributed by atoms with E-state index in [4.69, 9.17) is 0 Å². The van der Waals surface area contributed by atoms with Crippen LogP contribution in [0.5, 0.6) is 0 Å². The van der Waals surface area contributed by atoms with Gasteiger partial charge in [-0.2, -0.15) is 0 Å². The lowest BCUT2D eigenvalue weighted by Crippen LogP contribution is -2.51. The number of thiophene rings is 1. The van der Waals surface area contributed by atoms with Gasteiger partial charge in [-0.15, -0.1) is 11.3 Å². The molecule has 2 N–H and O–H groups in total. The standard InChI is InChI=1S/C14H21NO2S/c1-11-4-2-7-14(8-6-11,13(16)17)15-10-12-5-3-9-18-12/h3,5,9,11,15H,2,4,6-8,10H2,1H3,(H,16,17). The highest BCUT2D eigenvalue weighted by atomic mass is 32.1. The molecule has 1 aliphatic carbocycles. The maximum atomic E-state index is 11.6. The van der Waals surface area contributed by atoms with Crippen molar-refractivity contribution in [1.29, 1.82) is 0 Å². The monoisotopic (exact) mass is 267 g/mol. The van der Waals surface area contributed by atoms with E-state index in [1.807, 2.05) is 17.5 Å². The average molecular weight is 267 g/mol. The molecule has 1 aliphatic rings. The van der Waals surface area contributed by atoms with Gasteiger partial charge < -0.3 is 5.11 Å². The van der Waals surface area contributed by atoms with E-state index in [0.29, 0.717) is 12.5 Å². The molecule has 0 amide bonds. The highest BCUT2D eigenvalue weighted by molar-refractivity contribution is 7.09. The van der Waals surface area contributed by atoms with E-state index in [2.05, 4.69) is 12.2 Å². The minimum atomic E-state index is -0.714. The third-order valence-corrected chi connectivity index (χ3v) is 4.83. The van der Waals surface area contributed by atoms with Gasteiger partial charge in [0.25, 0.3) is 0 Å². The number of rotatable bonds is 4. The Bertz CT molecular complexity index is 391. The summed E-state index contributed by atoms with van der Waals surface area (Å²) in [6.45, 7) is 2.88. The molecule has 1 heterocycles. The zero-order valence-electron chi connectivity index (χ0n) is 10.8. The van der Waals surface area contributed by atoms with Crippen molar-refractivity contribution in [2.24, 2.45) is 5.92 Å². The summed E-state index contributed by atoms with van der Waals surface area (Å²) in [5, 5.41) is 14.9. The Morgan fingerprint density at radius 1 is 1.56 bits per heavy atom. The van der Waals surface area contributed by atoms with Crippen molar-refractivity contribution in [2.45, 2.75) is 51.1 Å². The Labute approximate surface area is 112 Å². The van der Waals surface area contributed by atoms with Crippen LogP contribution in [0.2, 0.25) is 0 Å². The smallest absolute Gasteiger partial charge is 0.323 e. The minimum Gasteiger partial charge on any atom is -0.480 e. The van der Waals surface area contributed by atoms with E-state index >= 15 is 0 Å². The molecule has 0 radical (unpaired) electrons. The molecule has 0 bridgehead atoms. The summed E-state index contributed by atoms with van der Waals surface area (Å²) < 4.78 is 0. The summed E-state index contributed by atoms with van der Waals surface area (Å²) in [6, 6.07) is 4.05. The van der Waals surface area contributed by atoms with Crippen molar-refractivity contribution in [2.75, 3.05) is 0 Å². The van der Waals surface area contributed by atoms with Crippen LogP contribution in [-0.2, 0) is 11.3 Å². The fraction of sp³-hybridized carbons (Fsp3) is 0.643. The summed E-state index contributed by atoms with van der Waals surface area (Å²) in [4.78, 5) is 12.8. The van der Waals surface area contributed by atoms with E-state index in [9.17, 15) is 9.90 Å². The quantitative estimate of drug-likeness (QED) is 0.823. The lowest BCUT2D eigenvalue weighted by Gasteiger charge is -2.29. The zero-order chi connectivity index (χ0) is 13.0. The van der Waals surface area contributed by atoms with Crippen molar-refractivity contribution in [3.05, 3.63) is 22.4 Å². The SMILES string of the molecule is CC1CCCC(NCc2cccs2)(C(=O)O)CC1. The van der Waals surface area contributed by atoms with E-state index in [-0.39, 0.29) is 0 Å². The second-order valence-electron chi connectivity index (χ2n) is 5.36. The Kier molecular flexibility index (Phi) is 4.40. The van der Waals surface area contributed by atoms with Crippen molar-refractivity contribution in [3.63, 3.8) is 0 Å². The topological polar surface area (TPSA) is 49.3 Å². The molecule has 18 heavy (non-hydrogen) atoms. The summed E-state index contributed by atoms with van der Waals surface area (Å²) in [5.74, 6) is -0.0390. The molecular formula is C14H21NO2S. The molecule has 100 valence electrons. The van der Waals surface area contributed by atoms with Crippen molar-refractivity contribution < 1.29 is 9.90 Å². The van der Waals surface area contributed by atoms with Crippen LogP contribution in [0.25, 0.3) is 0 Å². The van der Waals surface area contributed by atoms with Gasteiger partial charge in [-0.3, -0.25) is 10.1 Å². The van der Waals surface area contributed by atoms with Crippen LogP contribution >= 0.6 is 11.3 Å². The normalized spacial score (nSPS) is 28.8. The summed E-state index contributed by atoms with van der Waals surface area (Å²) in [6.07, 6.45) is 4.65. The first-order valence-corrected chi connectivity index (χ1v) is 7.51. The van der Waals surface area contributed by atoms with Gasteiger partial charge in [-0.25, -0.2) is 0 Å². The Balaban J connectivity index is 2.04. The summed E-state index contributed by atoms with van der Waals surface area (Å²) in [7, 11) is 0. The molecule has 1 aromatic rings. The van der Waals surface area contributed by atoms with Gasteiger partial charge in [0.1, 0.15) is 5.54 Å². The molecule has 2 rings (SSSR count). The van der Waals surface area contributed by atoms with Crippen molar-refractivity contribution >= 4 is 17.3 Å². The largest absolute Gasteiger partial charge is 0.480 e. The number of carboxylic acid groups (broad SMARTS) is 1. The maximum absolute atomic E-state index is 11.6. The lowest BCUT2D eigenvalue weighted by atomic mass is 9.89. The first kappa shape index (κ1) is 13.6. The molecule has 1 aromatic heterocycles. The van der Waals surface area contributed by atoms with Gasteiger partial charge in [-0.1, -0.05) is 25.8 Å². The van der Waals surface area contributed by atoms with E-state index in [1.54, 1.807) is 11.3 Å². The molecule has 3 nitrogen and oxygen atoms in total. The van der Waals surface area contributed by atoms with E-state index in [1.165, 1.54) is 4.88 Å². The first-order chi connectivity index (χ1) is 8.62. The third kappa shape index (κ3) is 3.12. The number of nitrogens with one attached hydrogen (secondary N) is 1. The molecular weight excluding hydrogens is 246 g/mol. The predicted molar refractivity (Wildman–Crippen MR) is 73.8 cm³/mol. The van der Waals surface area contributed by atoms with E-state index in [0.717, 1.165) is 32.1 Å². The molecule has 4 heteroatoms. The summed E-state index contributed by atoms with van der Waals surface area (Å²) >= 11 is 1.67. The number of hydrogen-bond acceptors (Lipinski definition) is 3. The Morgan fingerprint density at radius 3 is 3.06 bits per heavy atom. The molecule has 2 atom stereocenters. The fourth-order valence-electron chi connectivity index (χ4n) is 2.65. The number of aliphatic carboxylic acids is 1. The molecule has 0 saturated heterocycles. The average Bonchev–Trinajstić information content (AvgIpc) is 2.77.